The maximum atomic E-state index is 13.1. The fraction of sp³-hybridized carbons (Fsp3) is 0.948. The molecule has 0 fully saturated rings. The van der Waals surface area contributed by atoms with Gasteiger partial charge < -0.3 is 33.8 Å². The van der Waals surface area contributed by atoms with Crippen molar-refractivity contribution < 1.29 is 80.2 Å². The lowest BCUT2D eigenvalue weighted by Crippen LogP contribution is -2.30. The van der Waals surface area contributed by atoms with Crippen molar-refractivity contribution in [2.45, 2.75) is 408 Å². The lowest BCUT2D eigenvalue weighted by atomic mass is 10.00. The molecule has 0 saturated carbocycles. The van der Waals surface area contributed by atoms with Crippen molar-refractivity contribution in [3.8, 4) is 0 Å². The molecule has 0 amide bonds. The maximum absolute atomic E-state index is 13.1. The van der Waals surface area contributed by atoms with Gasteiger partial charge in [0.15, 0.2) is 12.2 Å². The Kier molecular flexibility index (Phi) is 65.0. The van der Waals surface area contributed by atoms with Gasteiger partial charge in [0.05, 0.1) is 26.4 Å². The van der Waals surface area contributed by atoms with Crippen molar-refractivity contribution in [3.05, 3.63) is 0 Å². The minimum atomic E-state index is -4.96. The van der Waals surface area contributed by atoms with Crippen LogP contribution in [0.15, 0.2) is 0 Å². The van der Waals surface area contributed by atoms with Gasteiger partial charge in [0.1, 0.15) is 19.3 Å². The Balaban J connectivity index is 5.18. The Morgan fingerprint density at radius 3 is 0.740 bits per heavy atom. The summed E-state index contributed by atoms with van der Waals surface area (Å²) in [6.07, 6.45) is 51.6. The van der Waals surface area contributed by atoms with Crippen LogP contribution in [0.2, 0.25) is 0 Å². The third kappa shape index (κ3) is 69.2. The van der Waals surface area contributed by atoms with Gasteiger partial charge in [0.2, 0.25) is 0 Å². The molecule has 4 unspecified atom stereocenters. The molecular formula is C77H150O17P2. The number of unbranched alkanes of at least 4 members (excludes halogenated alkanes) is 39. The fourth-order valence-electron chi connectivity index (χ4n) is 11.7. The molecule has 0 aliphatic rings. The van der Waals surface area contributed by atoms with Crippen LogP contribution < -0.4 is 0 Å². The zero-order chi connectivity index (χ0) is 71.0. The van der Waals surface area contributed by atoms with Crippen LogP contribution in [0.4, 0.5) is 0 Å². The predicted molar refractivity (Wildman–Crippen MR) is 391 cm³/mol. The largest absolute Gasteiger partial charge is 0.472 e. The molecule has 0 aromatic carbocycles. The Morgan fingerprint density at radius 1 is 0.292 bits per heavy atom. The van der Waals surface area contributed by atoms with Gasteiger partial charge in [0.25, 0.3) is 0 Å². The quantitative estimate of drug-likeness (QED) is 0.0222. The van der Waals surface area contributed by atoms with E-state index >= 15 is 0 Å². The molecule has 0 radical (unpaired) electrons. The molecule has 0 saturated heterocycles. The number of carbonyl (C=O) groups is 4. The molecule has 19 heteroatoms. The average Bonchev–Trinajstić information content (AvgIpc) is 1.09. The first-order valence-electron chi connectivity index (χ1n) is 39.7. The Hall–Kier alpha value is -1.94. The first kappa shape index (κ1) is 94.1. The maximum Gasteiger partial charge on any atom is 0.472 e. The van der Waals surface area contributed by atoms with E-state index in [0.717, 1.165) is 120 Å². The second-order valence-electron chi connectivity index (χ2n) is 29.4. The van der Waals surface area contributed by atoms with Crippen LogP contribution >= 0.6 is 15.6 Å². The smallest absolute Gasteiger partial charge is 0.462 e. The summed E-state index contributed by atoms with van der Waals surface area (Å²) in [6, 6.07) is 0. The van der Waals surface area contributed by atoms with E-state index in [1.807, 2.05) is 0 Å². The van der Waals surface area contributed by atoms with Crippen molar-refractivity contribution in [2.24, 2.45) is 23.7 Å². The summed E-state index contributed by atoms with van der Waals surface area (Å²) in [5.41, 5.74) is 0. The molecule has 0 aliphatic carbocycles. The third-order valence-electron chi connectivity index (χ3n) is 18.2. The van der Waals surface area contributed by atoms with Gasteiger partial charge >= 0.3 is 39.5 Å². The molecule has 0 aromatic heterocycles. The van der Waals surface area contributed by atoms with Crippen LogP contribution in [0.25, 0.3) is 0 Å². The van der Waals surface area contributed by atoms with Gasteiger partial charge in [-0.1, -0.05) is 338 Å². The molecule has 96 heavy (non-hydrogen) atoms. The van der Waals surface area contributed by atoms with Gasteiger partial charge in [-0.3, -0.25) is 37.3 Å². The monoisotopic (exact) mass is 1410 g/mol. The first-order valence-corrected chi connectivity index (χ1v) is 42.7. The van der Waals surface area contributed by atoms with Crippen molar-refractivity contribution in [1.82, 2.24) is 0 Å². The number of rotatable bonds is 74. The summed E-state index contributed by atoms with van der Waals surface area (Å²) >= 11 is 0. The first-order chi connectivity index (χ1) is 46.1. The minimum Gasteiger partial charge on any atom is -0.462 e. The highest BCUT2D eigenvalue weighted by molar-refractivity contribution is 7.47. The SMILES string of the molecule is CCC(C)CCCCCCCCC(=O)OC[C@H](COP(=O)(O)OCC(O)COP(=O)(O)OC[C@@H](COC(=O)CCCCCCCCC(C)C)OC(=O)CCCCCCCCCCCCCCCCCCC(C)C)OC(=O)CCCCCCCCCCCCCCCCCC(C)C. The number of carbonyl (C=O) groups excluding carboxylic acids is 4. The predicted octanol–water partition coefficient (Wildman–Crippen LogP) is 22.4. The second-order valence-corrected chi connectivity index (χ2v) is 32.3. The number of esters is 4. The molecule has 0 rings (SSSR count). The number of hydrogen-bond donors (Lipinski definition) is 3. The van der Waals surface area contributed by atoms with Crippen molar-refractivity contribution in [2.75, 3.05) is 39.6 Å². The standard InChI is InChI=1S/C77H150O17P2/c1-9-70(8)56-48-40-34-36-42-50-58-75(80)88-64-73(94-77(82)60-52-44-32-28-24-20-16-12-14-18-22-26-30-38-46-54-68(4)5)66-92-96(85,86)90-62-71(78)61-89-95(83,84)91-65-72(63-87-74(79)57-49-41-35-33-39-47-55-69(6)7)93-76(81)59-51-43-31-27-23-19-15-11-10-13-17-21-25-29-37-45-53-67(2)3/h67-73,78H,9-66H2,1-8H3,(H,83,84)(H,85,86)/t70?,71?,72-,73-/m1/s1. The molecule has 0 aliphatic heterocycles. The van der Waals surface area contributed by atoms with E-state index in [4.69, 9.17) is 37.0 Å². The lowest BCUT2D eigenvalue weighted by molar-refractivity contribution is -0.161. The highest BCUT2D eigenvalue weighted by Gasteiger charge is 2.30. The molecule has 6 atom stereocenters. The zero-order valence-corrected chi connectivity index (χ0v) is 64.8. The number of aliphatic hydroxyl groups is 1. The van der Waals surface area contributed by atoms with Crippen molar-refractivity contribution in [3.63, 3.8) is 0 Å². The van der Waals surface area contributed by atoms with Crippen molar-refractivity contribution >= 4 is 39.5 Å². The zero-order valence-electron chi connectivity index (χ0n) is 63.0. The van der Waals surface area contributed by atoms with Crippen molar-refractivity contribution in [1.29, 1.82) is 0 Å². The van der Waals surface area contributed by atoms with Crippen LogP contribution in [-0.4, -0.2) is 96.7 Å². The summed E-state index contributed by atoms with van der Waals surface area (Å²) in [5, 5.41) is 10.6. The highest BCUT2D eigenvalue weighted by Crippen LogP contribution is 2.45. The minimum absolute atomic E-state index is 0.106. The normalized spacial score (nSPS) is 14.4. The van der Waals surface area contributed by atoms with Crippen LogP contribution in [0.3, 0.4) is 0 Å². The summed E-state index contributed by atoms with van der Waals surface area (Å²) < 4.78 is 68.5. The fourth-order valence-corrected chi connectivity index (χ4v) is 13.3. The molecular weight excluding hydrogens is 1260 g/mol. The number of aliphatic hydroxyl groups excluding tert-OH is 1. The van der Waals surface area contributed by atoms with E-state index in [2.05, 4.69) is 55.4 Å². The van der Waals surface area contributed by atoms with E-state index in [1.165, 1.54) is 180 Å². The molecule has 0 aromatic rings. The molecule has 0 bridgehead atoms. The van der Waals surface area contributed by atoms with E-state index < -0.39 is 97.5 Å². The Morgan fingerprint density at radius 2 is 0.500 bits per heavy atom. The molecule has 570 valence electrons. The number of phosphoric acid groups is 2. The summed E-state index contributed by atoms with van der Waals surface area (Å²) in [6.45, 7) is 14.1. The van der Waals surface area contributed by atoms with Gasteiger partial charge in [-0.15, -0.1) is 0 Å². The summed E-state index contributed by atoms with van der Waals surface area (Å²) in [5.74, 6) is 0.899. The topological polar surface area (TPSA) is 237 Å². The Labute approximate surface area is 588 Å². The summed E-state index contributed by atoms with van der Waals surface area (Å²) in [7, 11) is -9.91. The van der Waals surface area contributed by atoms with E-state index in [0.29, 0.717) is 31.6 Å². The second kappa shape index (κ2) is 66.3. The highest BCUT2D eigenvalue weighted by atomic mass is 31.2. The van der Waals surface area contributed by atoms with Crippen LogP contribution in [0, 0.1) is 23.7 Å². The van der Waals surface area contributed by atoms with E-state index in [-0.39, 0.29) is 25.7 Å². The van der Waals surface area contributed by atoms with E-state index in [9.17, 15) is 43.2 Å². The third-order valence-corrected chi connectivity index (χ3v) is 20.1. The van der Waals surface area contributed by atoms with Crippen LogP contribution in [0.1, 0.15) is 389 Å². The van der Waals surface area contributed by atoms with Crippen LogP contribution in [-0.2, 0) is 65.4 Å². The van der Waals surface area contributed by atoms with E-state index in [1.54, 1.807) is 0 Å². The van der Waals surface area contributed by atoms with Gasteiger partial charge in [0, 0.05) is 25.7 Å². The molecule has 17 nitrogen and oxygen atoms in total. The summed E-state index contributed by atoms with van der Waals surface area (Å²) in [4.78, 5) is 72.8. The average molecular weight is 1410 g/mol. The number of phosphoric ester groups is 2. The van der Waals surface area contributed by atoms with Gasteiger partial charge in [-0.25, -0.2) is 9.13 Å². The Bertz CT molecular complexity index is 1890. The number of ether oxygens (including phenoxy) is 4. The molecule has 0 spiro atoms. The molecule has 3 N–H and O–H groups in total. The van der Waals surface area contributed by atoms with Crippen LogP contribution in [0.5, 0.6) is 0 Å². The van der Waals surface area contributed by atoms with Gasteiger partial charge in [-0.2, -0.15) is 0 Å². The lowest BCUT2D eigenvalue weighted by Gasteiger charge is -2.21. The molecule has 0 heterocycles. The number of hydrogen-bond acceptors (Lipinski definition) is 15. The van der Waals surface area contributed by atoms with Gasteiger partial charge in [-0.05, 0) is 49.4 Å².